The average Bonchev–Trinajstić information content (AvgIpc) is 2.84. The Morgan fingerprint density at radius 3 is 1.64 bits per heavy atom. The van der Waals surface area contributed by atoms with E-state index >= 15 is 0 Å². The summed E-state index contributed by atoms with van der Waals surface area (Å²) in [5.41, 5.74) is -0.969. The summed E-state index contributed by atoms with van der Waals surface area (Å²) in [4.78, 5) is 47.9. The maximum absolute atomic E-state index is 12.4. The topological polar surface area (TPSA) is 149 Å². The third-order valence-corrected chi connectivity index (χ3v) is 6.20. The van der Waals surface area contributed by atoms with Crippen molar-refractivity contribution in [3.8, 4) is 11.1 Å². The first-order chi connectivity index (χ1) is 17.2. The van der Waals surface area contributed by atoms with Crippen molar-refractivity contribution in [3.63, 3.8) is 0 Å². The van der Waals surface area contributed by atoms with Crippen molar-refractivity contribution in [1.29, 1.82) is 0 Å². The Hall–Kier alpha value is -5.24. The molecule has 5 aromatic carbocycles. The second kappa shape index (κ2) is 8.21. The Kier molecular flexibility index (Phi) is 5.14. The van der Waals surface area contributed by atoms with Crippen LogP contribution in [0.3, 0.4) is 0 Å². The van der Waals surface area contributed by atoms with Crippen LogP contribution < -0.4 is 0 Å². The summed E-state index contributed by atoms with van der Waals surface area (Å²) < 4.78 is 0. The summed E-state index contributed by atoms with van der Waals surface area (Å²) >= 11 is 0. The van der Waals surface area contributed by atoms with Gasteiger partial charge in [0.2, 0.25) is 0 Å². The molecule has 0 atom stereocenters. The standard InChI is InChI=1S/C28H16O8/c29-25(30)20-10-14-8-16-12-22(27(33)34)24(28(35)36)23(19(16)9-15(14)11-21(20)26(31)32)18-7-3-5-13-4-1-2-6-17(13)18/h1-12H,(H,29,30)(H,31,32)(H,33,34)(H,35,36). The highest BCUT2D eigenvalue weighted by molar-refractivity contribution is 6.20. The highest BCUT2D eigenvalue weighted by Gasteiger charge is 2.26. The summed E-state index contributed by atoms with van der Waals surface area (Å²) in [7, 11) is 0. The molecule has 0 amide bonds. The number of carboxylic acids is 4. The smallest absolute Gasteiger partial charge is 0.337 e. The van der Waals surface area contributed by atoms with Crippen molar-refractivity contribution < 1.29 is 39.6 Å². The van der Waals surface area contributed by atoms with Crippen LogP contribution in [0.15, 0.2) is 72.8 Å². The van der Waals surface area contributed by atoms with E-state index < -0.39 is 46.1 Å². The van der Waals surface area contributed by atoms with Gasteiger partial charge in [-0.05, 0) is 68.2 Å². The first-order valence-electron chi connectivity index (χ1n) is 10.7. The molecule has 0 fully saturated rings. The Labute approximate surface area is 202 Å². The fraction of sp³-hybridized carbons (Fsp3) is 0. The van der Waals surface area contributed by atoms with Crippen molar-refractivity contribution in [3.05, 3.63) is 95.1 Å². The molecule has 0 heterocycles. The maximum Gasteiger partial charge on any atom is 0.337 e. The molecule has 0 saturated heterocycles. The monoisotopic (exact) mass is 480 g/mol. The van der Waals surface area contributed by atoms with Crippen molar-refractivity contribution in [2.45, 2.75) is 0 Å². The lowest BCUT2D eigenvalue weighted by molar-refractivity contribution is 0.0652. The van der Waals surface area contributed by atoms with Gasteiger partial charge in [0.15, 0.2) is 0 Å². The molecule has 8 nitrogen and oxygen atoms in total. The molecule has 176 valence electrons. The fourth-order valence-corrected chi connectivity index (χ4v) is 4.67. The van der Waals surface area contributed by atoms with Crippen molar-refractivity contribution in [2.75, 3.05) is 0 Å². The average molecular weight is 480 g/mol. The van der Waals surface area contributed by atoms with Gasteiger partial charge in [0, 0.05) is 5.56 Å². The Balaban J connectivity index is 2.01. The van der Waals surface area contributed by atoms with E-state index in [0.29, 0.717) is 32.5 Å². The summed E-state index contributed by atoms with van der Waals surface area (Å²) in [5, 5.41) is 42.0. The van der Waals surface area contributed by atoms with E-state index in [0.717, 1.165) is 5.39 Å². The number of carboxylic acid groups (broad SMARTS) is 4. The minimum atomic E-state index is -1.43. The first-order valence-corrected chi connectivity index (χ1v) is 10.7. The quantitative estimate of drug-likeness (QED) is 0.237. The molecule has 0 saturated carbocycles. The van der Waals surface area contributed by atoms with Gasteiger partial charge in [0.25, 0.3) is 0 Å². The van der Waals surface area contributed by atoms with Crippen LogP contribution in [0.5, 0.6) is 0 Å². The molecule has 36 heavy (non-hydrogen) atoms. The lowest BCUT2D eigenvalue weighted by Gasteiger charge is -2.17. The van der Waals surface area contributed by atoms with Crippen LogP contribution in [0.25, 0.3) is 43.4 Å². The largest absolute Gasteiger partial charge is 0.478 e. The predicted octanol–water partition coefficient (Wildman–Crippen LogP) is 5.61. The maximum atomic E-state index is 12.4. The predicted molar refractivity (Wildman–Crippen MR) is 132 cm³/mol. The van der Waals surface area contributed by atoms with Gasteiger partial charge in [0.1, 0.15) is 0 Å². The number of carbonyl (C=O) groups is 4. The van der Waals surface area contributed by atoms with Crippen molar-refractivity contribution in [1.82, 2.24) is 0 Å². The second-order valence-electron chi connectivity index (χ2n) is 8.24. The van der Waals surface area contributed by atoms with E-state index in [4.69, 9.17) is 0 Å². The van der Waals surface area contributed by atoms with E-state index in [1.54, 1.807) is 30.3 Å². The number of aromatic carboxylic acids is 4. The van der Waals surface area contributed by atoms with E-state index in [9.17, 15) is 39.6 Å². The second-order valence-corrected chi connectivity index (χ2v) is 8.24. The minimum absolute atomic E-state index is 0.176. The van der Waals surface area contributed by atoms with Crippen LogP contribution in [-0.2, 0) is 0 Å². The summed E-state index contributed by atoms with van der Waals surface area (Å²) in [6.07, 6.45) is 0. The Bertz CT molecular complexity index is 1790. The lowest BCUT2D eigenvalue weighted by Crippen LogP contribution is -2.11. The van der Waals surface area contributed by atoms with E-state index in [1.165, 1.54) is 24.3 Å². The molecule has 0 aromatic heterocycles. The zero-order valence-corrected chi connectivity index (χ0v) is 18.4. The summed E-state index contributed by atoms with van der Waals surface area (Å²) in [6.45, 7) is 0. The molecular weight excluding hydrogens is 464 g/mol. The Morgan fingerprint density at radius 2 is 1.03 bits per heavy atom. The SMILES string of the molecule is O=C(O)c1cc2cc3cc(C(=O)O)c(C(=O)O)c(-c4cccc5ccccc45)c3cc2cc1C(=O)O. The molecule has 0 bridgehead atoms. The molecule has 5 aromatic rings. The highest BCUT2D eigenvalue weighted by atomic mass is 16.4. The lowest BCUT2D eigenvalue weighted by atomic mass is 9.86. The van der Waals surface area contributed by atoms with Crippen LogP contribution in [-0.4, -0.2) is 44.3 Å². The highest BCUT2D eigenvalue weighted by Crippen LogP contribution is 2.40. The molecule has 0 aliphatic heterocycles. The molecule has 8 heteroatoms. The van der Waals surface area contributed by atoms with Gasteiger partial charge in [-0.15, -0.1) is 0 Å². The summed E-state index contributed by atoms with van der Waals surface area (Å²) in [6, 6.07) is 19.3. The number of hydrogen-bond acceptors (Lipinski definition) is 4. The van der Waals surface area contributed by atoms with Crippen LogP contribution >= 0.6 is 0 Å². The number of hydrogen-bond donors (Lipinski definition) is 4. The molecule has 4 N–H and O–H groups in total. The molecule has 0 spiro atoms. The molecule has 0 aliphatic rings. The third-order valence-electron chi connectivity index (χ3n) is 6.20. The van der Waals surface area contributed by atoms with Gasteiger partial charge in [-0.2, -0.15) is 0 Å². The van der Waals surface area contributed by atoms with Crippen molar-refractivity contribution in [2.24, 2.45) is 0 Å². The van der Waals surface area contributed by atoms with Crippen molar-refractivity contribution >= 4 is 56.2 Å². The van der Waals surface area contributed by atoms with Crippen LogP contribution in [0.4, 0.5) is 0 Å². The van der Waals surface area contributed by atoms with Crippen LogP contribution in [0.2, 0.25) is 0 Å². The van der Waals surface area contributed by atoms with E-state index in [2.05, 4.69) is 0 Å². The van der Waals surface area contributed by atoms with Gasteiger partial charge in [-0.3, -0.25) is 0 Å². The minimum Gasteiger partial charge on any atom is -0.478 e. The van der Waals surface area contributed by atoms with Gasteiger partial charge < -0.3 is 20.4 Å². The molecule has 0 unspecified atom stereocenters. The Morgan fingerprint density at radius 1 is 0.472 bits per heavy atom. The number of benzene rings is 5. The van der Waals surface area contributed by atoms with Gasteiger partial charge in [-0.1, -0.05) is 42.5 Å². The van der Waals surface area contributed by atoms with Crippen LogP contribution in [0, 0.1) is 0 Å². The van der Waals surface area contributed by atoms with Gasteiger partial charge >= 0.3 is 23.9 Å². The number of rotatable bonds is 5. The molecule has 5 rings (SSSR count). The third kappa shape index (κ3) is 3.48. The van der Waals surface area contributed by atoms with Crippen LogP contribution in [0.1, 0.15) is 41.4 Å². The molecule has 0 aliphatic carbocycles. The zero-order chi connectivity index (χ0) is 25.7. The van der Waals surface area contributed by atoms with E-state index in [1.807, 2.05) is 18.2 Å². The first kappa shape index (κ1) is 22.5. The normalized spacial score (nSPS) is 11.1. The zero-order valence-electron chi connectivity index (χ0n) is 18.4. The molecular formula is C28H16O8. The summed E-state index contributed by atoms with van der Waals surface area (Å²) in [5.74, 6) is -5.69. The van der Waals surface area contributed by atoms with Gasteiger partial charge in [0.05, 0.1) is 22.3 Å². The van der Waals surface area contributed by atoms with Gasteiger partial charge in [-0.25, -0.2) is 19.2 Å². The fourth-order valence-electron chi connectivity index (χ4n) is 4.67. The molecule has 0 radical (unpaired) electrons. The number of fused-ring (bicyclic) bond motifs is 3. The van der Waals surface area contributed by atoms with E-state index in [-0.39, 0.29) is 5.56 Å².